The van der Waals surface area contributed by atoms with Crippen LogP contribution in [0, 0.1) is 0 Å². The summed E-state index contributed by atoms with van der Waals surface area (Å²) in [6.07, 6.45) is 2.24. The molecule has 0 unspecified atom stereocenters. The average Bonchev–Trinajstić information content (AvgIpc) is 2.91. The van der Waals surface area contributed by atoms with Crippen LogP contribution in [0.5, 0.6) is 5.75 Å². The maximum atomic E-state index is 12.4. The fraction of sp³-hybridized carbons (Fsp3) is 0.562. The summed E-state index contributed by atoms with van der Waals surface area (Å²) in [6.45, 7) is 8.64. The van der Waals surface area contributed by atoms with E-state index >= 15 is 0 Å². The SMILES string of the molecule is CCOc1cc(C(=O)N2CCCC2)ccc1C(C)C. The van der Waals surface area contributed by atoms with Crippen molar-refractivity contribution in [2.24, 2.45) is 0 Å². The lowest BCUT2D eigenvalue weighted by Crippen LogP contribution is -2.27. The number of likely N-dealkylation sites (tertiary alicyclic amines) is 1. The van der Waals surface area contributed by atoms with E-state index in [0.717, 1.165) is 37.2 Å². The van der Waals surface area contributed by atoms with Crippen LogP contribution >= 0.6 is 0 Å². The molecule has 1 heterocycles. The highest BCUT2D eigenvalue weighted by Gasteiger charge is 2.20. The molecular formula is C16H23NO2. The third-order valence-electron chi connectivity index (χ3n) is 3.58. The molecule has 0 spiro atoms. The average molecular weight is 261 g/mol. The second kappa shape index (κ2) is 6.09. The van der Waals surface area contributed by atoms with Crippen molar-refractivity contribution < 1.29 is 9.53 Å². The van der Waals surface area contributed by atoms with E-state index in [4.69, 9.17) is 4.74 Å². The number of hydrogen-bond acceptors (Lipinski definition) is 2. The quantitative estimate of drug-likeness (QED) is 0.831. The van der Waals surface area contributed by atoms with Gasteiger partial charge in [-0.15, -0.1) is 0 Å². The third kappa shape index (κ3) is 3.09. The predicted octanol–water partition coefficient (Wildman–Crippen LogP) is 3.44. The second-order valence-electron chi connectivity index (χ2n) is 5.34. The summed E-state index contributed by atoms with van der Waals surface area (Å²) in [6, 6.07) is 5.86. The van der Waals surface area contributed by atoms with E-state index in [1.807, 2.05) is 30.0 Å². The van der Waals surface area contributed by atoms with Crippen molar-refractivity contribution in [1.29, 1.82) is 0 Å². The smallest absolute Gasteiger partial charge is 0.253 e. The Morgan fingerprint density at radius 3 is 2.58 bits per heavy atom. The van der Waals surface area contributed by atoms with Crippen LogP contribution in [0.15, 0.2) is 18.2 Å². The van der Waals surface area contributed by atoms with Gasteiger partial charge >= 0.3 is 0 Å². The largest absolute Gasteiger partial charge is 0.494 e. The first kappa shape index (κ1) is 13.9. The van der Waals surface area contributed by atoms with Gasteiger partial charge in [0.15, 0.2) is 0 Å². The summed E-state index contributed by atoms with van der Waals surface area (Å²) >= 11 is 0. The summed E-state index contributed by atoms with van der Waals surface area (Å²) in [4.78, 5) is 14.3. The molecule has 0 saturated carbocycles. The van der Waals surface area contributed by atoms with Crippen molar-refractivity contribution in [2.75, 3.05) is 19.7 Å². The predicted molar refractivity (Wildman–Crippen MR) is 76.8 cm³/mol. The summed E-state index contributed by atoms with van der Waals surface area (Å²) in [5.74, 6) is 1.38. The van der Waals surface area contributed by atoms with Crippen LogP contribution in [-0.2, 0) is 0 Å². The van der Waals surface area contributed by atoms with Crippen LogP contribution in [0.3, 0.4) is 0 Å². The lowest BCUT2D eigenvalue weighted by Gasteiger charge is -2.18. The molecule has 0 radical (unpaired) electrons. The Morgan fingerprint density at radius 2 is 2.00 bits per heavy atom. The van der Waals surface area contributed by atoms with Crippen molar-refractivity contribution in [3.8, 4) is 5.75 Å². The molecule has 0 atom stereocenters. The fourth-order valence-electron chi connectivity index (χ4n) is 2.53. The zero-order chi connectivity index (χ0) is 13.8. The van der Waals surface area contributed by atoms with Crippen molar-refractivity contribution in [1.82, 2.24) is 4.90 Å². The zero-order valence-electron chi connectivity index (χ0n) is 12.1. The first-order valence-electron chi connectivity index (χ1n) is 7.19. The van der Waals surface area contributed by atoms with Crippen LogP contribution in [0.25, 0.3) is 0 Å². The molecule has 0 aliphatic carbocycles. The first-order chi connectivity index (χ1) is 9.13. The Bertz CT molecular complexity index is 448. The van der Waals surface area contributed by atoms with Gasteiger partial charge in [0, 0.05) is 18.7 Å². The van der Waals surface area contributed by atoms with Gasteiger partial charge in [0.05, 0.1) is 6.61 Å². The van der Waals surface area contributed by atoms with Crippen LogP contribution in [0.4, 0.5) is 0 Å². The van der Waals surface area contributed by atoms with Crippen molar-refractivity contribution in [3.63, 3.8) is 0 Å². The lowest BCUT2D eigenvalue weighted by molar-refractivity contribution is 0.0792. The molecule has 1 saturated heterocycles. The highest BCUT2D eigenvalue weighted by Crippen LogP contribution is 2.28. The highest BCUT2D eigenvalue weighted by molar-refractivity contribution is 5.95. The van der Waals surface area contributed by atoms with Gasteiger partial charge in [0.1, 0.15) is 5.75 Å². The highest BCUT2D eigenvalue weighted by atomic mass is 16.5. The monoisotopic (exact) mass is 261 g/mol. The molecule has 104 valence electrons. The van der Waals surface area contributed by atoms with Crippen LogP contribution in [0.2, 0.25) is 0 Å². The number of carbonyl (C=O) groups excluding carboxylic acids is 1. The van der Waals surface area contributed by atoms with Crippen LogP contribution in [-0.4, -0.2) is 30.5 Å². The molecule has 3 nitrogen and oxygen atoms in total. The number of benzene rings is 1. The third-order valence-corrected chi connectivity index (χ3v) is 3.58. The minimum Gasteiger partial charge on any atom is -0.494 e. The summed E-state index contributed by atoms with van der Waals surface area (Å²) < 4.78 is 5.68. The molecule has 0 N–H and O–H groups in total. The Hall–Kier alpha value is -1.51. The van der Waals surface area contributed by atoms with Crippen LogP contribution in [0.1, 0.15) is 55.5 Å². The molecule has 3 heteroatoms. The minimum atomic E-state index is 0.133. The Kier molecular flexibility index (Phi) is 4.46. The number of carbonyl (C=O) groups is 1. The first-order valence-corrected chi connectivity index (χ1v) is 7.19. The van der Waals surface area contributed by atoms with Gasteiger partial charge in [-0.3, -0.25) is 4.79 Å². The number of nitrogens with zero attached hydrogens (tertiary/aromatic N) is 1. The van der Waals surface area contributed by atoms with E-state index in [1.54, 1.807) is 0 Å². The summed E-state index contributed by atoms with van der Waals surface area (Å²) in [7, 11) is 0. The van der Waals surface area contributed by atoms with Crippen molar-refractivity contribution in [3.05, 3.63) is 29.3 Å². The van der Waals surface area contributed by atoms with Gasteiger partial charge in [-0.2, -0.15) is 0 Å². The number of hydrogen-bond donors (Lipinski definition) is 0. The number of ether oxygens (including phenoxy) is 1. The normalized spacial score (nSPS) is 15.1. The molecule has 0 aromatic heterocycles. The minimum absolute atomic E-state index is 0.133. The molecule has 1 amide bonds. The number of rotatable bonds is 4. The molecule has 1 aliphatic rings. The lowest BCUT2D eigenvalue weighted by atomic mass is 10.00. The van der Waals surface area contributed by atoms with Gasteiger partial charge in [0.2, 0.25) is 0 Å². The van der Waals surface area contributed by atoms with E-state index in [9.17, 15) is 4.79 Å². The van der Waals surface area contributed by atoms with Gasteiger partial charge in [0.25, 0.3) is 5.91 Å². The van der Waals surface area contributed by atoms with E-state index < -0.39 is 0 Å². The Labute approximate surface area is 115 Å². The molecule has 0 bridgehead atoms. The van der Waals surface area contributed by atoms with Crippen LogP contribution < -0.4 is 4.74 Å². The Morgan fingerprint density at radius 1 is 1.32 bits per heavy atom. The van der Waals surface area contributed by atoms with Gasteiger partial charge in [-0.25, -0.2) is 0 Å². The maximum absolute atomic E-state index is 12.4. The van der Waals surface area contributed by atoms with E-state index in [2.05, 4.69) is 13.8 Å². The molecule has 2 rings (SSSR count). The van der Waals surface area contributed by atoms with Gasteiger partial charge in [-0.05, 0) is 43.4 Å². The number of amides is 1. The summed E-state index contributed by atoms with van der Waals surface area (Å²) in [5.41, 5.74) is 1.91. The van der Waals surface area contributed by atoms with E-state index in [0.29, 0.717) is 12.5 Å². The van der Waals surface area contributed by atoms with Gasteiger partial charge in [-0.1, -0.05) is 19.9 Å². The molecule has 1 aromatic rings. The molecule has 1 aromatic carbocycles. The second-order valence-corrected chi connectivity index (χ2v) is 5.34. The molecular weight excluding hydrogens is 238 g/mol. The van der Waals surface area contributed by atoms with Crippen molar-refractivity contribution >= 4 is 5.91 Å². The van der Waals surface area contributed by atoms with E-state index in [1.165, 1.54) is 5.56 Å². The Balaban J connectivity index is 2.26. The molecule has 19 heavy (non-hydrogen) atoms. The van der Waals surface area contributed by atoms with E-state index in [-0.39, 0.29) is 5.91 Å². The summed E-state index contributed by atoms with van der Waals surface area (Å²) in [5, 5.41) is 0. The maximum Gasteiger partial charge on any atom is 0.253 e. The van der Waals surface area contributed by atoms with Gasteiger partial charge < -0.3 is 9.64 Å². The standard InChI is InChI=1S/C16H23NO2/c1-4-19-15-11-13(7-8-14(15)12(2)3)16(18)17-9-5-6-10-17/h7-8,11-12H,4-6,9-10H2,1-3H3. The molecule has 1 aliphatic heterocycles. The molecule has 1 fully saturated rings. The fourth-order valence-corrected chi connectivity index (χ4v) is 2.53. The van der Waals surface area contributed by atoms with Crippen molar-refractivity contribution in [2.45, 2.75) is 39.5 Å². The topological polar surface area (TPSA) is 29.5 Å². The zero-order valence-corrected chi connectivity index (χ0v) is 12.1.